The van der Waals surface area contributed by atoms with Crippen molar-refractivity contribution >= 4 is 17.2 Å². The normalized spacial score (nSPS) is 11.9. The van der Waals surface area contributed by atoms with Gasteiger partial charge >= 0.3 is 0 Å². The van der Waals surface area contributed by atoms with Crippen molar-refractivity contribution < 1.29 is 4.79 Å². The Morgan fingerprint density at radius 2 is 1.70 bits per heavy atom. The maximum absolute atomic E-state index is 12.5. The molecule has 1 atom stereocenters. The van der Waals surface area contributed by atoms with Crippen molar-refractivity contribution in [3.05, 3.63) is 83.8 Å². The molecule has 2 heterocycles. The van der Waals surface area contributed by atoms with E-state index in [0.717, 1.165) is 21.8 Å². The summed E-state index contributed by atoms with van der Waals surface area (Å²) >= 11 is 1.46. The van der Waals surface area contributed by atoms with Crippen molar-refractivity contribution in [1.29, 1.82) is 0 Å². The molecule has 0 radical (unpaired) electrons. The Morgan fingerprint density at radius 3 is 2.41 bits per heavy atom. The highest BCUT2D eigenvalue weighted by atomic mass is 32.1. The number of hydrogen-bond donors (Lipinski definition) is 2. The Bertz CT molecular complexity index is 1040. The number of H-pyrrole nitrogens is 1. The molecule has 0 saturated heterocycles. The van der Waals surface area contributed by atoms with Crippen molar-refractivity contribution in [3.63, 3.8) is 0 Å². The van der Waals surface area contributed by atoms with Crippen LogP contribution in [0.15, 0.2) is 72.2 Å². The lowest BCUT2D eigenvalue weighted by atomic mass is 10.2. The van der Waals surface area contributed by atoms with Crippen LogP contribution in [0.25, 0.3) is 21.8 Å². The Balaban J connectivity index is 1.46. The maximum atomic E-state index is 12.5. The number of rotatable bonds is 5. The van der Waals surface area contributed by atoms with Crippen LogP contribution in [0, 0.1) is 0 Å². The Hall–Kier alpha value is -3.25. The first-order chi connectivity index (χ1) is 13.2. The maximum Gasteiger partial charge on any atom is 0.271 e. The lowest BCUT2D eigenvalue weighted by Crippen LogP contribution is -2.27. The van der Waals surface area contributed by atoms with Gasteiger partial charge in [-0.05, 0) is 12.5 Å². The van der Waals surface area contributed by atoms with Crippen molar-refractivity contribution in [3.8, 4) is 21.8 Å². The zero-order valence-electron chi connectivity index (χ0n) is 14.7. The minimum absolute atomic E-state index is 0.210. The summed E-state index contributed by atoms with van der Waals surface area (Å²) in [7, 11) is 0. The monoisotopic (exact) mass is 374 g/mol. The van der Waals surface area contributed by atoms with E-state index in [1.807, 2.05) is 67.6 Å². The van der Waals surface area contributed by atoms with Crippen molar-refractivity contribution in [2.75, 3.05) is 0 Å². The third-order valence-electron chi connectivity index (χ3n) is 4.20. The molecule has 0 aliphatic carbocycles. The van der Waals surface area contributed by atoms with Crippen molar-refractivity contribution in [2.24, 2.45) is 0 Å². The van der Waals surface area contributed by atoms with Gasteiger partial charge in [-0.2, -0.15) is 0 Å². The second-order valence-electron chi connectivity index (χ2n) is 6.15. The van der Waals surface area contributed by atoms with Crippen LogP contribution in [0.5, 0.6) is 0 Å². The Morgan fingerprint density at radius 1 is 1.04 bits per heavy atom. The summed E-state index contributed by atoms with van der Waals surface area (Å²) in [5, 5.41) is 5.56. The molecule has 1 unspecified atom stereocenters. The van der Waals surface area contributed by atoms with E-state index < -0.39 is 0 Å². The number of carbonyl (C=O) groups is 1. The van der Waals surface area contributed by atoms with Gasteiger partial charge < -0.3 is 10.3 Å². The summed E-state index contributed by atoms with van der Waals surface area (Å²) < 4.78 is 0. The molecule has 134 valence electrons. The zero-order chi connectivity index (χ0) is 18.6. The number of benzene rings is 2. The molecule has 2 N–H and O–H groups in total. The van der Waals surface area contributed by atoms with E-state index in [1.54, 1.807) is 11.6 Å². The van der Waals surface area contributed by atoms with Gasteiger partial charge in [0.1, 0.15) is 16.5 Å². The number of nitrogens with zero attached hydrogens (tertiary/aromatic N) is 2. The summed E-state index contributed by atoms with van der Waals surface area (Å²) in [6, 6.07) is 19.6. The van der Waals surface area contributed by atoms with Crippen LogP contribution < -0.4 is 5.32 Å². The first-order valence-electron chi connectivity index (χ1n) is 8.63. The third kappa shape index (κ3) is 3.80. The molecule has 2 aromatic heterocycles. The molecule has 27 heavy (non-hydrogen) atoms. The number of aromatic amines is 1. The molecule has 5 nitrogen and oxygen atoms in total. The summed E-state index contributed by atoms with van der Waals surface area (Å²) in [6.07, 6.45) is 1.78. The number of nitrogens with one attached hydrogen (secondary N) is 2. The topological polar surface area (TPSA) is 70.7 Å². The van der Waals surface area contributed by atoms with Crippen molar-refractivity contribution in [2.45, 2.75) is 13.0 Å². The first-order valence-corrected chi connectivity index (χ1v) is 9.51. The van der Waals surface area contributed by atoms with Crippen molar-refractivity contribution in [1.82, 2.24) is 20.3 Å². The van der Waals surface area contributed by atoms with Gasteiger partial charge in [0.25, 0.3) is 5.91 Å². The summed E-state index contributed by atoms with van der Waals surface area (Å²) in [4.78, 5) is 24.7. The SMILES string of the molecule is CC(NC(=O)c1csc(-c2ccccc2)n1)c1ncc(-c2ccccc2)[nH]1. The van der Waals surface area contributed by atoms with Crippen LogP contribution in [-0.4, -0.2) is 20.9 Å². The average Bonchev–Trinajstić information content (AvgIpc) is 3.39. The van der Waals surface area contributed by atoms with E-state index in [4.69, 9.17) is 0 Å². The van der Waals surface area contributed by atoms with Crippen LogP contribution >= 0.6 is 11.3 Å². The molecule has 0 aliphatic heterocycles. The van der Waals surface area contributed by atoms with Crippen LogP contribution in [0.4, 0.5) is 0 Å². The number of thiazole rings is 1. The molecule has 1 amide bonds. The fourth-order valence-electron chi connectivity index (χ4n) is 2.75. The quantitative estimate of drug-likeness (QED) is 0.532. The van der Waals surface area contributed by atoms with Gasteiger partial charge in [-0.3, -0.25) is 4.79 Å². The Labute approximate surface area is 161 Å². The van der Waals surface area contributed by atoms with E-state index in [9.17, 15) is 4.79 Å². The number of amides is 1. The molecule has 4 rings (SSSR count). The fourth-order valence-corrected chi connectivity index (χ4v) is 3.56. The predicted molar refractivity (Wildman–Crippen MR) is 107 cm³/mol. The molecule has 0 saturated carbocycles. The lowest BCUT2D eigenvalue weighted by molar-refractivity contribution is 0.0934. The van der Waals surface area contributed by atoms with Crippen LogP contribution in [0.1, 0.15) is 29.3 Å². The van der Waals surface area contributed by atoms with E-state index in [2.05, 4.69) is 20.3 Å². The van der Waals surface area contributed by atoms with Crippen LogP contribution in [0.2, 0.25) is 0 Å². The molecule has 0 spiro atoms. The van der Waals surface area contributed by atoms with Gasteiger partial charge in [-0.15, -0.1) is 11.3 Å². The van der Waals surface area contributed by atoms with E-state index >= 15 is 0 Å². The molecule has 4 aromatic rings. The fraction of sp³-hybridized carbons (Fsp3) is 0.0952. The highest BCUT2D eigenvalue weighted by Gasteiger charge is 2.17. The third-order valence-corrected chi connectivity index (χ3v) is 5.09. The molecule has 2 aromatic carbocycles. The second-order valence-corrected chi connectivity index (χ2v) is 7.01. The first kappa shape index (κ1) is 17.2. The van der Waals surface area contributed by atoms with E-state index in [1.165, 1.54) is 11.3 Å². The summed E-state index contributed by atoms with van der Waals surface area (Å²) in [6.45, 7) is 1.90. The zero-order valence-corrected chi connectivity index (χ0v) is 15.5. The van der Waals surface area contributed by atoms with Gasteiger partial charge in [0.15, 0.2) is 0 Å². The van der Waals surface area contributed by atoms with E-state index in [-0.39, 0.29) is 11.9 Å². The summed E-state index contributed by atoms with van der Waals surface area (Å²) in [5.74, 6) is 0.499. The van der Waals surface area contributed by atoms with Gasteiger partial charge in [0.05, 0.1) is 17.9 Å². The standard InChI is InChI=1S/C21H18N4OS/c1-14(19-22-12-17(24-19)15-8-4-2-5-9-15)23-20(26)18-13-27-21(25-18)16-10-6-3-7-11-16/h2-14H,1H3,(H,22,24)(H,23,26). The molecule has 0 aliphatic rings. The van der Waals surface area contributed by atoms with Gasteiger partial charge in [0, 0.05) is 10.9 Å². The predicted octanol–water partition coefficient (Wildman–Crippen LogP) is 4.69. The molecule has 6 heteroatoms. The Kier molecular flexibility index (Phi) is 4.80. The number of carbonyl (C=O) groups excluding carboxylic acids is 1. The average molecular weight is 374 g/mol. The second kappa shape index (κ2) is 7.55. The van der Waals surface area contributed by atoms with E-state index in [0.29, 0.717) is 11.5 Å². The lowest BCUT2D eigenvalue weighted by Gasteiger charge is -2.10. The molecular weight excluding hydrogens is 356 g/mol. The smallest absolute Gasteiger partial charge is 0.271 e. The van der Waals surface area contributed by atoms with Gasteiger partial charge in [0.2, 0.25) is 0 Å². The minimum Gasteiger partial charge on any atom is -0.341 e. The number of imidazole rings is 1. The highest BCUT2D eigenvalue weighted by molar-refractivity contribution is 7.13. The molecule has 0 bridgehead atoms. The molecular formula is C21H18N4OS. The minimum atomic E-state index is -0.253. The van der Waals surface area contributed by atoms with Gasteiger partial charge in [-0.1, -0.05) is 60.7 Å². The number of hydrogen-bond acceptors (Lipinski definition) is 4. The number of aromatic nitrogens is 3. The van der Waals surface area contributed by atoms with Gasteiger partial charge in [-0.25, -0.2) is 9.97 Å². The summed E-state index contributed by atoms with van der Waals surface area (Å²) in [5.41, 5.74) is 3.40. The van der Waals surface area contributed by atoms with Crippen LogP contribution in [-0.2, 0) is 0 Å². The molecule has 0 fully saturated rings. The highest BCUT2D eigenvalue weighted by Crippen LogP contribution is 2.24. The largest absolute Gasteiger partial charge is 0.341 e. The van der Waals surface area contributed by atoms with Crippen LogP contribution in [0.3, 0.4) is 0 Å².